The molecule has 0 amide bonds. The Morgan fingerprint density at radius 3 is 2.17 bits per heavy atom. The third-order valence-electron chi connectivity index (χ3n) is 3.98. The van der Waals surface area contributed by atoms with Crippen molar-refractivity contribution in [3.05, 3.63) is 0 Å². The molecule has 2 fully saturated rings. The van der Waals surface area contributed by atoms with Crippen LogP contribution in [0.3, 0.4) is 0 Å². The lowest BCUT2D eigenvalue weighted by Gasteiger charge is -2.27. The Balaban J connectivity index is 2.15. The van der Waals surface area contributed by atoms with E-state index in [1.165, 1.54) is 0 Å². The van der Waals surface area contributed by atoms with E-state index in [2.05, 4.69) is 6.92 Å². The van der Waals surface area contributed by atoms with Crippen LogP contribution in [0.2, 0.25) is 0 Å². The molecule has 70 valence electrons. The van der Waals surface area contributed by atoms with E-state index in [0.29, 0.717) is 11.8 Å². The molecule has 0 unspecified atom stereocenters. The fourth-order valence-corrected chi connectivity index (χ4v) is 2.85. The third kappa shape index (κ3) is 0.944. The van der Waals surface area contributed by atoms with Crippen molar-refractivity contribution in [1.29, 1.82) is 0 Å². The van der Waals surface area contributed by atoms with Crippen LogP contribution >= 0.6 is 0 Å². The van der Waals surface area contributed by atoms with E-state index in [9.17, 15) is 10.2 Å². The molecule has 0 heterocycles. The van der Waals surface area contributed by atoms with Crippen molar-refractivity contribution in [2.24, 2.45) is 17.3 Å². The summed E-state index contributed by atoms with van der Waals surface area (Å²) >= 11 is 0. The summed E-state index contributed by atoms with van der Waals surface area (Å²) in [5.74, 6) is 0.866. The first kappa shape index (κ1) is 8.52. The second-order valence-electron chi connectivity index (χ2n) is 5.33. The predicted octanol–water partition coefficient (Wildman–Crippen LogP) is 1.16. The highest BCUT2D eigenvalue weighted by Crippen LogP contribution is 2.67. The van der Waals surface area contributed by atoms with Gasteiger partial charge in [0.25, 0.3) is 0 Å². The van der Waals surface area contributed by atoms with Gasteiger partial charge in [0.1, 0.15) is 0 Å². The van der Waals surface area contributed by atoms with Gasteiger partial charge in [-0.3, -0.25) is 0 Å². The lowest BCUT2D eigenvalue weighted by atomic mass is 9.86. The van der Waals surface area contributed by atoms with Crippen LogP contribution in [0.25, 0.3) is 0 Å². The topological polar surface area (TPSA) is 40.5 Å². The molecule has 0 spiro atoms. The highest BCUT2D eigenvalue weighted by molar-refractivity contribution is 5.15. The molecule has 4 atom stereocenters. The van der Waals surface area contributed by atoms with Gasteiger partial charge >= 0.3 is 0 Å². The molecule has 0 aromatic rings. The van der Waals surface area contributed by atoms with E-state index in [4.69, 9.17) is 0 Å². The minimum absolute atomic E-state index is 0.144. The van der Waals surface area contributed by atoms with Crippen LogP contribution in [-0.4, -0.2) is 21.9 Å². The van der Waals surface area contributed by atoms with Gasteiger partial charge in [0.15, 0.2) is 0 Å². The Kier molecular flexibility index (Phi) is 1.45. The van der Waals surface area contributed by atoms with Gasteiger partial charge in [0.2, 0.25) is 0 Å². The lowest BCUT2D eigenvalue weighted by Crippen LogP contribution is -2.31. The van der Waals surface area contributed by atoms with E-state index >= 15 is 0 Å². The maximum atomic E-state index is 9.84. The molecular weight excluding hydrogens is 152 g/mol. The van der Waals surface area contributed by atoms with Gasteiger partial charge < -0.3 is 10.2 Å². The standard InChI is InChI=1S/C10H18O2/c1-9(2,12)6-4-8(11)10(3)5-7(6)10/h6-8,11-12H,4-5H2,1-3H3/t6-,7-,8-,10-/m1/s1. The SMILES string of the molecule is CC(C)(O)[C@@H]1C[C@@H](O)[C@]2(C)C[C@H]12. The summed E-state index contributed by atoms with van der Waals surface area (Å²) in [4.78, 5) is 0. The average Bonchev–Trinajstić information content (AvgIpc) is 2.49. The van der Waals surface area contributed by atoms with Gasteiger partial charge in [-0.15, -0.1) is 0 Å². The Hall–Kier alpha value is -0.0800. The first-order valence-electron chi connectivity index (χ1n) is 4.76. The van der Waals surface area contributed by atoms with Crippen molar-refractivity contribution in [3.63, 3.8) is 0 Å². The Bertz CT molecular complexity index is 206. The minimum atomic E-state index is -0.611. The predicted molar refractivity (Wildman–Crippen MR) is 46.6 cm³/mol. The van der Waals surface area contributed by atoms with Crippen molar-refractivity contribution >= 4 is 0 Å². The Morgan fingerprint density at radius 1 is 1.42 bits per heavy atom. The highest BCUT2D eigenvalue weighted by Gasteiger charge is 2.66. The molecule has 2 rings (SSSR count). The van der Waals surface area contributed by atoms with Gasteiger partial charge in [-0.05, 0) is 43.9 Å². The molecule has 2 N–H and O–H groups in total. The summed E-state index contributed by atoms with van der Waals surface area (Å²) in [5, 5.41) is 19.6. The summed E-state index contributed by atoms with van der Waals surface area (Å²) in [6.45, 7) is 5.84. The Morgan fingerprint density at radius 2 is 2.00 bits per heavy atom. The fourth-order valence-electron chi connectivity index (χ4n) is 2.85. The molecule has 2 saturated carbocycles. The number of aliphatic hydroxyl groups excluding tert-OH is 1. The largest absolute Gasteiger partial charge is 0.393 e. The van der Waals surface area contributed by atoms with Crippen LogP contribution in [0.1, 0.15) is 33.6 Å². The molecule has 0 radical (unpaired) electrons. The molecule has 2 aliphatic rings. The zero-order valence-electron chi connectivity index (χ0n) is 8.04. The van der Waals surface area contributed by atoms with Crippen LogP contribution < -0.4 is 0 Å². The van der Waals surface area contributed by atoms with Crippen molar-refractivity contribution in [2.45, 2.75) is 45.3 Å². The quantitative estimate of drug-likeness (QED) is 0.620. The number of fused-ring (bicyclic) bond motifs is 1. The zero-order chi connectivity index (χ0) is 9.15. The summed E-state index contributed by atoms with van der Waals surface area (Å²) in [6.07, 6.45) is 1.70. The van der Waals surface area contributed by atoms with Gasteiger partial charge in [0.05, 0.1) is 11.7 Å². The maximum Gasteiger partial charge on any atom is 0.0623 e. The molecule has 2 aliphatic carbocycles. The van der Waals surface area contributed by atoms with E-state index in [0.717, 1.165) is 12.8 Å². The number of hydrogen-bond donors (Lipinski definition) is 2. The molecule has 12 heavy (non-hydrogen) atoms. The van der Waals surface area contributed by atoms with Crippen molar-refractivity contribution < 1.29 is 10.2 Å². The molecular formula is C10H18O2. The first-order chi connectivity index (χ1) is 5.36. The van der Waals surface area contributed by atoms with Gasteiger partial charge in [-0.2, -0.15) is 0 Å². The van der Waals surface area contributed by atoms with Gasteiger partial charge in [-0.25, -0.2) is 0 Å². The third-order valence-corrected chi connectivity index (χ3v) is 3.98. The van der Waals surface area contributed by atoms with Crippen molar-refractivity contribution in [1.82, 2.24) is 0 Å². The highest BCUT2D eigenvalue weighted by atomic mass is 16.3. The number of hydrogen-bond acceptors (Lipinski definition) is 2. The van der Waals surface area contributed by atoms with E-state index < -0.39 is 5.60 Å². The second-order valence-corrected chi connectivity index (χ2v) is 5.33. The monoisotopic (exact) mass is 170 g/mol. The van der Waals surface area contributed by atoms with Crippen LogP contribution in [0.15, 0.2) is 0 Å². The van der Waals surface area contributed by atoms with Gasteiger partial charge in [0, 0.05) is 0 Å². The molecule has 2 nitrogen and oxygen atoms in total. The van der Waals surface area contributed by atoms with Crippen LogP contribution in [-0.2, 0) is 0 Å². The van der Waals surface area contributed by atoms with Crippen molar-refractivity contribution in [3.8, 4) is 0 Å². The second kappa shape index (κ2) is 2.05. The average molecular weight is 170 g/mol. The summed E-state index contributed by atoms with van der Waals surface area (Å²) in [7, 11) is 0. The number of rotatable bonds is 1. The van der Waals surface area contributed by atoms with E-state index in [1.807, 2.05) is 13.8 Å². The van der Waals surface area contributed by atoms with Gasteiger partial charge in [-0.1, -0.05) is 6.92 Å². The summed E-state index contributed by atoms with van der Waals surface area (Å²) in [6, 6.07) is 0. The number of aliphatic hydroxyl groups is 2. The minimum Gasteiger partial charge on any atom is -0.393 e. The molecule has 2 heteroatoms. The Labute approximate surface area is 73.6 Å². The molecule has 0 bridgehead atoms. The van der Waals surface area contributed by atoms with Crippen LogP contribution in [0, 0.1) is 17.3 Å². The normalized spacial score (nSPS) is 52.2. The molecule has 0 aliphatic heterocycles. The molecule has 0 aromatic carbocycles. The fraction of sp³-hybridized carbons (Fsp3) is 1.00. The van der Waals surface area contributed by atoms with Crippen LogP contribution in [0.5, 0.6) is 0 Å². The first-order valence-corrected chi connectivity index (χ1v) is 4.76. The maximum absolute atomic E-state index is 9.84. The summed E-state index contributed by atoms with van der Waals surface area (Å²) in [5.41, 5.74) is -0.468. The zero-order valence-corrected chi connectivity index (χ0v) is 8.04. The molecule has 0 aromatic heterocycles. The van der Waals surface area contributed by atoms with E-state index in [1.54, 1.807) is 0 Å². The smallest absolute Gasteiger partial charge is 0.0623 e. The van der Waals surface area contributed by atoms with Crippen LogP contribution in [0.4, 0.5) is 0 Å². The van der Waals surface area contributed by atoms with Crippen molar-refractivity contribution in [2.75, 3.05) is 0 Å². The lowest BCUT2D eigenvalue weighted by molar-refractivity contribution is 0.00104. The molecule has 0 saturated heterocycles. The van der Waals surface area contributed by atoms with E-state index in [-0.39, 0.29) is 11.5 Å². The summed E-state index contributed by atoms with van der Waals surface area (Å²) < 4.78 is 0.